The van der Waals surface area contributed by atoms with E-state index in [0.29, 0.717) is 31.5 Å². The number of nitrogens with zero attached hydrogens (tertiary/aromatic N) is 1. The molecule has 122 valence electrons. The first kappa shape index (κ1) is 16.7. The second kappa shape index (κ2) is 8.12. The van der Waals surface area contributed by atoms with Crippen molar-refractivity contribution in [3.8, 4) is 0 Å². The monoisotopic (exact) mass is 316 g/mol. The Kier molecular flexibility index (Phi) is 5.91. The van der Waals surface area contributed by atoms with Gasteiger partial charge in [0, 0.05) is 25.1 Å². The smallest absolute Gasteiger partial charge is 0.325 e. The quantitative estimate of drug-likeness (QED) is 0.653. The van der Waals surface area contributed by atoms with Gasteiger partial charge in [-0.05, 0) is 24.1 Å². The highest BCUT2D eigenvalue weighted by molar-refractivity contribution is 5.94. The summed E-state index contributed by atoms with van der Waals surface area (Å²) in [6, 6.07) is 8.93. The summed E-state index contributed by atoms with van der Waals surface area (Å²) < 4.78 is 4.61. The number of methoxy groups -OCH3 is 1. The van der Waals surface area contributed by atoms with Crippen molar-refractivity contribution in [1.29, 1.82) is 0 Å². The first-order valence-corrected chi connectivity index (χ1v) is 7.46. The van der Waals surface area contributed by atoms with E-state index in [1.807, 2.05) is 12.1 Å². The van der Waals surface area contributed by atoms with Crippen molar-refractivity contribution >= 4 is 17.8 Å². The number of rotatable bonds is 5. The van der Waals surface area contributed by atoms with Crippen molar-refractivity contribution < 1.29 is 19.1 Å². The van der Waals surface area contributed by atoms with Crippen LogP contribution >= 0.6 is 0 Å². The Morgan fingerprint density at radius 2 is 2.00 bits per heavy atom. The number of hydrogen-bond acceptors (Lipinski definition) is 4. The first-order valence-electron chi connectivity index (χ1n) is 7.46. The van der Waals surface area contributed by atoms with E-state index in [4.69, 9.17) is 0 Å². The van der Waals surface area contributed by atoms with Crippen LogP contribution in [-0.2, 0) is 14.3 Å². The largest absolute Gasteiger partial charge is 0.468 e. The Hall–Kier alpha value is -2.63. The maximum absolute atomic E-state index is 12.1. The minimum atomic E-state index is -0.451. The van der Waals surface area contributed by atoms with E-state index in [2.05, 4.69) is 10.1 Å². The molecule has 1 heterocycles. The van der Waals surface area contributed by atoms with Crippen LogP contribution in [-0.4, -0.2) is 49.4 Å². The molecule has 1 aromatic rings. The zero-order valence-corrected chi connectivity index (χ0v) is 13.1. The summed E-state index contributed by atoms with van der Waals surface area (Å²) in [7, 11) is 1.29. The third-order valence-corrected chi connectivity index (χ3v) is 3.60. The van der Waals surface area contributed by atoms with Crippen LogP contribution in [0.4, 0.5) is 0 Å². The van der Waals surface area contributed by atoms with Gasteiger partial charge in [-0.3, -0.25) is 14.4 Å². The van der Waals surface area contributed by atoms with Crippen molar-refractivity contribution in [2.24, 2.45) is 0 Å². The molecular weight excluding hydrogens is 296 g/mol. The number of allylic oxidation sites excluding steroid dienone is 1. The summed E-state index contributed by atoms with van der Waals surface area (Å²) >= 11 is 0. The summed E-state index contributed by atoms with van der Waals surface area (Å²) in [4.78, 5) is 36.9. The molecule has 0 aliphatic carbocycles. The number of carbonyl (C=O) groups excluding carboxylic acids is 3. The van der Waals surface area contributed by atoms with Crippen molar-refractivity contribution in [3.05, 3.63) is 47.5 Å². The number of nitrogens with one attached hydrogen (secondary N) is 1. The highest BCUT2D eigenvalue weighted by Crippen LogP contribution is 2.11. The second-order valence-corrected chi connectivity index (χ2v) is 5.28. The van der Waals surface area contributed by atoms with Crippen LogP contribution in [0.15, 0.2) is 42.0 Å². The predicted molar refractivity (Wildman–Crippen MR) is 84.7 cm³/mol. The summed E-state index contributed by atoms with van der Waals surface area (Å²) in [5, 5.41) is 2.84. The lowest BCUT2D eigenvalue weighted by Gasteiger charge is -2.21. The van der Waals surface area contributed by atoms with E-state index < -0.39 is 5.97 Å². The molecule has 0 saturated carbocycles. The molecule has 0 radical (unpaired) electrons. The molecule has 0 bridgehead atoms. The van der Waals surface area contributed by atoms with E-state index in [-0.39, 0.29) is 18.4 Å². The number of ether oxygens (including phenoxy) is 1. The summed E-state index contributed by atoms with van der Waals surface area (Å²) in [6.07, 6.45) is 2.90. The highest BCUT2D eigenvalue weighted by atomic mass is 16.5. The van der Waals surface area contributed by atoms with Crippen LogP contribution in [0.5, 0.6) is 0 Å². The van der Waals surface area contributed by atoms with Gasteiger partial charge in [0.15, 0.2) is 0 Å². The fourth-order valence-corrected chi connectivity index (χ4v) is 2.33. The van der Waals surface area contributed by atoms with E-state index in [0.717, 1.165) is 5.57 Å². The molecule has 0 aromatic heterocycles. The van der Waals surface area contributed by atoms with Gasteiger partial charge in [0.1, 0.15) is 6.54 Å². The lowest BCUT2D eigenvalue weighted by molar-refractivity contribution is -0.146. The van der Waals surface area contributed by atoms with Crippen LogP contribution < -0.4 is 5.32 Å². The maximum Gasteiger partial charge on any atom is 0.325 e. The number of carbonyl (C=O) groups is 3. The topological polar surface area (TPSA) is 75.7 Å². The molecule has 23 heavy (non-hydrogen) atoms. The molecule has 6 nitrogen and oxygen atoms in total. The van der Waals surface area contributed by atoms with E-state index in [1.165, 1.54) is 12.0 Å². The van der Waals surface area contributed by atoms with Gasteiger partial charge in [-0.2, -0.15) is 0 Å². The number of amides is 2. The first-order chi connectivity index (χ1) is 11.1. The standard InChI is InChI=1S/C17H20N2O4/c1-23-16(21)12-19-11-13(6-5-9-15(19)20)10-18-17(22)14-7-3-2-4-8-14/h2-4,6-8H,5,9-12H2,1H3,(H,18,22). The fraction of sp³-hybridized carbons (Fsp3) is 0.353. The highest BCUT2D eigenvalue weighted by Gasteiger charge is 2.21. The van der Waals surface area contributed by atoms with E-state index >= 15 is 0 Å². The molecule has 0 saturated heterocycles. The Bertz CT molecular complexity index is 610. The van der Waals surface area contributed by atoms with Crippen LogP contribution in [0.3, 0.4) is 0 Å². The predicted octanol–water partition coefficient (Wildman–Crippen LogP) is 1.14. The lowest BCUT2D eigenvalue weighted by Crippen LogP contribution is -2.38. The summed E-state index contributed by atoms with van der Waals surface area (Å²) in [6.45, 7) is 0.598. The van der Waals surface area contributed by atoms with Gasteiger partial charge in [0.2, 0.25) is 5.91 Å². The van der Waals surface area contributed by atoms with Gasteiger partial charge in [-0.15, -0.1) is 0 Å². The van der Waals surface area contributed by atoms with Gasteiger partial charge >= 0.3 is 5.97 Å². The summed E-state index contributed by atoms with van der Waals surface area (Å²) in [5.74, 6) is -0.703. The minimum Gasteiger partial charge on any atom is -0.468 e. The Morgan fingerprint density at radius 3 is 2.70 bits per heavy atom. The van der Waals surface area contributed by atoms with Gasteiger partial charge in [0.05, 0.1) is 7.11 Å². The van der Waals surface area contributed by atoms with E-state index in [1.54, 1.807) is 24.3 Å². The normalized spacial score (nSPS) is 14.7. The van der Waals surface area contributed by atoms with Gasteiger partial charge in [-0.25, -0.2) is 0 Å². The number of hydrogen-bond donors (Lipinski definition) is 1. The average Bonchev–Trinajstić information content (AvgIpc) is 2.75. The third kappa shape index (κ3) is 4.95. The maximum atomic E-state index is 12.1. The zero-order chi connectivity index (χ0) is 16.7. The van der Waals surface area contributed by atoms with Gasteiger partial charge in [-0.1, -0.05) is 24.3 Å². The molecule has 1 N–H and O–H groups in total. The van der Waals surface area contributed by atoms with Crippen LogP contribution in [0.25, 0.3) is 0 Å². The number of esters is 1. The molecule has 2 rings (SSSR count). The van der Waals surface area contributed by atoms with Crippen molar-refractivity contribution in [3.63, 3.8) is 0 Å². The van der Waals surface area contributed by atoms with Crippen molar-refractivity contribution in [2.45, 2.75) is 12.8 Å². The molecule has 0 fully saturated rings. The molecule has 0 atom stereocenters. The SMILES string of the molecule is COC(=O)CN1CC(CNC(=O)c2ccccc2)=CCCC1=O. The molecule has 0 spiro atoms. The summed E-state index contributed by atoms with van der Waals surface area (Å²) in [5.41, 5.74) is 1.49. The van der Waals surface area contributed by atoms with Crippen LogP contribution in [0.2, 0.25) is 0 Å². The lowest BCUT2D eigenvalue weighted by atomic mass is 10.2. The van der Waals surface area contributed by atoms with Crippen LogP contribution in [0, 0.1) is 0 Å². The zero-order valence-electron chi connectivity index (χ0n) is 13.1. The van der Waals surface area contributed by atoms with Gasteiger partial charge < -0.3 is 15.0 Å². The van der Waals surface area contributed by atoms with E-state index in [9.17, 15) is 14.4 Å². The van der Waals surface area contributed by atoms with Crippen molar-refractivity contribution in [2.75, 3.05) is 26.7 Å². The average molecular weight is 316 g/mol. The Labute approximate surface area is 135 Å². The molecule has 1 aliphatic heterocycles. The second-order valence-electron chi connectivity index (χ2n) is 5.28. The molecule has 6 heteroatoms. The van der Waals surface area contributed by atoms with Crippen LogP contribution in [0.1, 0.15) is 23.2 Å². The molecule has 1 aliphatic rings. The van der Waals surface area contributed by atoms with Gasteiger partial charge in [0.25, 0.3) is 5.91 Å². The number of benzene rings is 1. The van der Waals surface area contributed by atoms with Crippen molar-refractivity contribution in [1.82, 2.24) is 10.2 Å². The molecule has 0 unspecified atom stereocenters. The minimum absolute atomic E-state index is 0.0701. The third-order valence-electron chi connectivity index (χ3n) is 3.60. The molecular formula is C17H20N2O4. The fourth-order valence-electron chi connectivity index (χ4n) is 2.33. The Balaban J connectivity index is 1.93. The Morgan fingerprint density at radius 1 is 1.26 bits per heavy atom. The molecule has 2 amide bonds. The molecule has 1 aromatic carbocycles.